The molecule has 0 aromatic heterocycles. The van der Waals surface area contributed by atoms with Crippen molar-refractivity contribution in [3.8, 4) is 44.5 Å². The molecule has 0 amide bonds. The third kappa shape index (κ3) is 6.08. The van der Waals surface area contributed by atoms with Crippen molar-refractivity contribution in [2.45, 2.75) is 11.8 Å². The van der Waals surface area contributed by atoms with E-state index in [1.165, 1.54) is 82.7 Å². The van der Waals surface area contributed by atoms with Crippen LogP contribution in [0.3, 0.4) is 0 Å². The Kier molecular flexibility index (Phi) is 9.27. The van der Waals surface area contributed by atoms with Crippen LogP contribution in [0.4, 0.5) is 17.1 Å². The molecule has 0 aliphatic heterocycles. The number of anilines is 3. The minimum Gasteiger partial charge on any atom is -0.310 e. The summed E-state index contributed by atoms with van der Waals surface area (Å²) in [5.41, 5.74) is 17.0. The largest absolute Gasteiger partial charge is 0.310 e. The maximum absolute atomic E-state index is 2.46. The average Bonchev–Trinajstić information content (AvgIpc) is 3.69. The van der Waals surface area contributed by atoms with Gasteiger partial charge < -0.3 is 4.90 Å². The van der Waals surface area contributed by atoms with E-state index in [4.69, 9.17) is 0 Å². The second-order valence-electron chi connectivity index (χ2n) is 17.1. The van der Waals surface area contributed by atoms with E-state index in [9.17, 15) is 0 Å². The lowest BCUT2D eigenvalue weighted by atomic mass is 9.61. The Bertz CT molecular complexity index is 3380. The van der Waals surface area contributed by atoms with Gasteiger partial charge in [-0.3, -0.25) is 0 Å². The van der Waals surface area contributed by atoms with E-state index in [1.807, 2.05) is 0 Å². The molecule has 1 nitrogen and oxygen atoms in total. The summed E-state index contributed by atoms with van der Waals surface area (Å²) >= 11 is 0. The third-order valence-electron chi connectivity index (χ3n) is 13.7. The molecule has 64 heavy (non-hydrogen) atoms. The fourth-order valence-electron chi connectivity index (χ4n) is 11.0. The molecule has 0 spiro atoms. The smallest absolute Gasteiger partial charge is 0.0535 e. The predicted molar refractivity (Wildman–Crippen MR) is 271 cm³/mol. The summed E-state index contributed by atoms with van der Waals surface area (Å²) in [6.07, 6.45) is 10.2. The van der Waals surface area contributed by atoms with E-state index in [1.54, 1.807) is 0 Å². The average molecular weight is 816 g/mol. The fourth-order valence-corrected chi connectivity index (χ4v) is 11.0. The minimum atomic E-state index is -0.420. The van der Waals surface area contributed by atoms with E-state index in [0.29, 0.717) is 0 Å². The van der Waals surface area contributed by atoms with Crippen molar-refractivity contribution in [1.82, 2.24) is 0 Å². The first-order valence-electron chi connectivity index (χ1n) is 22.5. The molecular formula is C63H45N. The summed E-state index contributed by atoms with van der Waals surface area (Å²) in [5.74, 6) is 0.215. The Hall–Kier alpha value is -8.00. The molecule has 2 atom stereocenters. The van der Waals surface area contributed by atoms with Crippen molar-refractivity contribution < 1.29 is 0 Å². The molecule has 0 radical (unpaired) electrons. The Balaban J connectivity index is 1.12. The molecule has 0 saturated heterocycles. The van der Waals surface area contributed by atoms with Crippen molar-refractivity contribution in [2.75, 3.05) is 4.90 Å². The summed E-state index contributed by atoms with van der Waals surface area (Å²) in [7, 11) is 0. The highest BCUT2D eigenvalue weighted by molar-refractivity contribution is 6.15. The molecule has 302 valence electrons. The highest BCUT2D eigenvalue weighted by Gasteiger charge is 2.51. The van der Waals surface area contributed by atoms with Crippen molar-refractivity contribution in [3.63, 3.8) is 0 Å². The second-order valence-corrected chi connectivity index (χ2v) is 17.1. The number of nitrogens with zero attached hydrogens (tertiary/aromatic N) is 1. The molecule has 0 heterocycles. The molecule has 0 N–H and O–H groups in total. The Morgan fingerprint density at radius 1 is 0.391 bits per heavy atom. The lowest BCUT2D eigenvalue weighted by molar-refractivity contribution is 0.460. The van der Waals surface area contributed by atoms with Gasteiger partial charge in [0, 0.05) is 17.1 Å². The zero-order valence-corrected chi connectivity index (χ0v) is 35.5. The lowest BCUT2D eigenvalue weighted by Gasteiger charge is -2.40. The van der Waals surface area contributed by atoms with Crippen molar-refractivity contribution in [2.24, 2.45) is 5.92 Å². The Morgan fingerprint density at radius 2 is 0.938 bits per heavy atom. The SMILES string of the molecule is C1=CCC(C2(c3ccccc3)c3ccccc3-c3c(-c4ccc(N(c5ccc(-c6ccccc6)cc5)c5ccc6ccccc6c5)cc4)c(-c4ccccc4)c4ccccc4c32)C=C1. The van der Waals surface area contributed by atoms with Crippen molar-refractivity contribution >= 4 is 38.6 Å². The highest BCUT2D eigenvalue weighted by atomic mass is 15.1. The Labute approximate surface area is 375 Å². The molecule has 10 aromatic rings. The molecule has 1 heteroatoms. The van der Waals surface area contributed by atoms with Gasteiger partial charge >= 0.3 is 0 Å². The van der Waals surface area contributed by atoms with Crippen LogP contribution in [0.5, 0.6) is 0 Å². The van der Waals surface area contributed by atoms with Crippen LogP contribution in [-0.4, -0.2) is 0 Å². The molecule has 0 bridgehead atoms. The van der Waals surface area contributed by atoms with Gasteiger partial charge in [0.25, 0.3) is 0 Å². The van der Waals surface area contributed by atoms with Gasteiger partial charge in [0.2, 0.25) is 0 Å². The molecule has 0 saturated carbocycles. The Morgan fingerprint density at radius 3 is 1.64 bits per heavy atom. The van der Waals surface area contributed by atoms with Crippen molar-refractivity contribution in [3.05, 3.63) is 272 Å². The zero-order chi connectivity index (χ0) is 42.5. The number of rotatable bonds is 8. The van der Waals surface area contributed by atoms with Crippen LogP contribution in [0.15, 0.2) is 255 Å². The second kappa shape index (κ2) is 15.7. The van der Waals surface area contributed by atoms with Gasteiger partial charge in [0.05, 0.1) is 5.41 Å². The van der Waals surface area contributed by atoms with Gasteiger partial charge in [-0.25, -0.2) is 0 Å². The summed E-state index contributed by atoms with van der Waals surface area (Å²) in [4.78, 5) is 2.40. The van der Waals surface area contributed by atoms with E-state index >= 15 is 0 Å². The molecule has 0 fully saturated rings. The monoisotopic (exact) mass is 815 g/mol. The number of allylic oxidation sites excluding steroid dienone is 4. The van der Waals surface area contributed by atoms with Gasteiger partial charge in [0.15, 0.2) is 0 Å². The summed E-state index contributed by atoms with van der Waals surface area (Å²) in [6.45, 7) is 0. The van der Waals surface area contributed by atoms with Gasteiger partial charge in [-0.1, -0.05) is 218 Å². The number of hydrogen-bond acceptors (Lipinski definition) is 1. The maximum Gasteiger partial charge on any atom is 0.0535 e. The molecular weight excluding hydrogens is 771 g/mol. The molecule has 2 aliphatic carbocycles. The van der Waals surface area contributed by atoms with Crippen LogP contribution < -0.4 is 4.90 Å². The third-order valence-corrected chi connectivity index (χ3v) is 13.7. The van der Waals surface area contributed by atoms with Gasteiger partial charge in [-0.05, 0) is 131 Å². The molecule has 12 rings (SSSR count). The lowest BCUT2D eigenvalue weighted by Crippen LogP contribution is -2.35. The normalized spacial score (nSPS) is 16.2. The minimum absolute atomic E-state index is 0.215. The van der Waals surface area contributed by atoms with Crippen LogP contribution in [0.1, 0.15) is 23.1 Å². The summed E-state index contributed by atoms with van der Waals surface area (Å²) < 4.78 is 0. The first kappa shape index (κ1) is 37.7. The van der Waals surface area contributed by atoms with E-state index < -0.39 is 5.41 Å². The quantitative estimate of drug-likeness (QED) is 0.148. The highest BCUT2D eigenvalue weighted by Crippen LogP contribution is 2.63. The van der Waals surface area contributed by atoms with Gasteiger partial charge in [-0.15, -0.1) is 0 Å². The summed E-state index contributed by atoms with van der Waals surface area (Å²) in [5, 5.41) is 5.02. The summed E-state index contributed by atoms with van der Waals surface area (Å²) in [6, 6.07) is 85.2. The van der Waals surface area contributed by atoms with E-state index in [2.05, 4.69) is 260 Å². The number of fused-ring (bicyclic) bond motifs is 6. The van der Waals surface area contributed by atoms with Gasteiger partial charge in [0.1, 0.15) is 0 Å². The molecule has 2 unspecified atom stereocenters. The van der Waals surface area contributed by atoms with Gasteiger partial charge in [-0.2, -0.15) is 0 Å². The molecule has 10 aromatic carbocycles. The zero-order valence-electron chi connectivity index (χ0n) is 35.5. The molecule has 2 aliphatic rings. The van der Waals surface area contributed by atoms with Crippen molar-refractivity contribution in [1.29, 1.82) is 0 Å². The van der Waals surface area contributed by atoms with Crippen LogP contribution in [0, 0.1) is 5.92 Å². The first-order valence-corrected chi connectivity index (χ1v) is 22.5. The topological polar surface area (TPSA) is 3.24 Å². The maximum atomic E-state index is 2.46. The first-order chi connectivity index (χ1) is 31.8. The van der Waals surface area contributed by atoms with Crippen LogP contribution in [-0.2, 0) is 5.41 Å². The fraction of sp³-hybridized carbons (Fsp3) is 0.0476. The number of benzene rings is 10. The number of hydrogen-bond donors (Lipinski definition) is 0. The van der Waals surface area contributed by atoms with E-state index in [-0.39, 0.29) is 5.92 Å². The van der Waals surface area contributed by atoms with Crippen LogP contribution in [0.2, 0.25) is 0 Å². The van der Waals surface area contributed by atoms with E-state index in [0.717, 1.165) is 23.5 Å². The van der Waals surface area contributed by atoms with Crippen LogP contribution >= 0.6 is 0 Å². The standard InChI is InChI=1S/C63H45N/c1-5-19-44(20-6-1)46-33-38-52(39-34-46)64(54-42-35-45-21-13-14-24-49(45)43-54)53-40-36-48(37-41-53)60-59(47-22-7-2-8-23-47)55-29-15-16-30-56(55)62-61(60)57-31-17-18-32-58(57)63(62,50-25-9-3-10-26-50)51-27-11-4-12-28-51/h1-27,29-43,51H,28H2. The predicted octanol–water partition coefficient (Wildman–Crippen LogP) is 16.9. The van der Waals surface area contributed by atoms with Crippen LogP contribution in [0.25, 0.3) is 66.1 Å².